The van der Waals surface area contributed by atoms with E-state index in [0.29, 0.717) is 19.5 Å². The van der Waals surface area contributed by atoms with Gasteiger partial charge in [0.1, 0.15) is 17.8 Å². The molecule has 3 saturated heterocycles. The normalized spacial score (nSPS) is 29.0. The zero-order chi connectivity index (χ0) is 16.7. The highest BCUT2D eigenvalue weighted by Gasteiger charge is 2.51. The Morgan fingerprint density at radius 1 is 1.21 bits per heavy atom. The van der Waals surface area contributed by atoms with E-state index >= 15 is 0 Å². The number of nitrogens with zero attached hydrogens (tertiary/aromatic N) is 2. The average molecular weight is 329 g/mol. The van der Waals surface area contributed by atoms with Gasteiger partial charge in [-0.15, -0.1) is 0 Å². The van der Waals surface area contributed by atoms with Crippen LogP contribution in [0.2, 0.25) is 0 Å². The molecule has 1 aromatic rings. The van der Waals surface area contributed by atoms with Gasteiger partial charge in [-0.1, -0.05) is 12.1 Å². The minimum Gasteiger partial charge on any atom is -0.497 e. The van der Waals surface area contributed by atoms with Gasteiger partial charge in [-0.05, 0) is 37.0 Å². The smallest absolute Gasteiger partial charge is 0.246 e. The molecule has 1 aromatic carbocycles. The Hall–Kier alpha value is -2.08. The Kier molecular flexibility index (Phi) is 3.92. The molecule has 3 atom stereocenters. The fourth-order valence-electron chi connectivity index (χ4n) is 4.18. The van der Waals surface area contributed by atoms with Crippen molar-refractivity contribution in [3.05, 3.63) is 29.8 Å². The molecule has 6 nitrogen and oxygen atoms in total. The van der Waals surface area contributed by atoms with E-state index in [9.17, 15) is 9.59 Å². The Labute approximate surface area is 141 Å². The summed E-state index contributed by atoms with van der Waals surface area (Å²) >= 11 is 0. The third-order valence-corrected chi connectivity index (χ3v) is 5.42. The Balaban J connectivity index is 1.41. The van der Waals surface area contributed by atoms with Crippen LogP contribution < -0.4 is 10.1 Å². The zero-order valence-electron chi connectivity index (χ0n) is 13.9. The van der Waals surface area contributed by atoms with Gasteiger partial charge in [-0.2, -0.15) is 0 Å². The summed E-state index contributed by atoms with van der Waals surface area (Å²) in [4.78, 5) is 28.9. The zero-order valence-corrected chi connectivity index (χ0v) is 13.9. The summed E-state index contributed by atoms with van der Waals surface area (Å²) in [5, 5.41) is 3.49. The van der Waals surface area contributed by atoms with Crippen LogP contribution in [0, 0.1) is 0 Å². The van der Waals surface area contributed by atoms with Crippen LogP contribution in [0.5, 0.6) is 5.75 Å². The van der Waals surface area contributed by atoms with E-state index in [4.69, 9.17) is 4.74 Å². The van der Waals surface area contributed by atoms with Crippen LogP contribution in [0.4, 0.5) is 0 Å². The number of ether oxygens (including phenoxy) is 1. The van der Waals surface area contributed by atoms with Gasteiger partial charge in [0.2, 0.25) is 11.8 Å². The van der Waals surface area contributed by atoms with Crippen molar-refractivity contribution in [3.8, 4) is 5.75 Å². The second-order valence-corrected chi connectivity index (χ2v) is 6.86. The fraction of sp³-hybridized carbons (Fsp3) is 0.556. The van der Waals surface area contributed by atoms with Gasteiger partial charge in [0.05, 0.1) is 7.11 Å². The Morgan fingerprint density at radius 3 is 2.88 bits per heavy atom. The summed E-state index contributed by atoms with van der Waals surface area (Å²) in [6.45, 7) is 2.07. The van der Waals surface area contributed by atoms with Crippen LogP contribution in [0.1, 0.15) is 24.8 Å². The molecule has 0 bridgehead atoms. The van der Waals surface area contributed by atoms with E-state index in [2.05, 4.69) is 5.32 Å². The van der Waals surface area contributed by atoms with Crippen LogP contribution in [-0.2, 0) is 16.1 Å². The van der Waals surface area contributed by atoms with Crippen molar-refractivity contribution in [3.63, 3.8) is 0 Å². The number of fused-ring (bicyclic) bond motifs is 2. The number of nitrogens with one attached hydrogen (secondary N) is 1. The molecule has 128 valence electrons. The minimum atomic E-state index is -0.269. The highest BCUT2D eigenvalue weighted by Crippen LogP contribution is 2.32. The lowest BCUT2D eigenvalue weighted by Crippen LogP contribution is -2.60. The van der Waals surface area contributed by atoms with E-state index in [1.54, 1.807) is 16.9 Å². The van der Waals surface area contributed by atoms with Crippen LogP contribution in [0.15, 0.2) is 24.3 Å². The first-order chi connectivity index (χ1) is 11.7. The van der Waals surface area contributed by atoms with E-state index in [1.807, 2.05) is 24.3 Å². The molecule has 3 aliphatic rings. The lowest BCUT2D eigenvalue weighted by atomic mass is 10.1. The fourth-order valence-corrected chi connectivity index (χ4v) is 4.18. The largest absolute Gasteiger partial charge is 0.497 e. The number of hydrogen-bond acceptors (Lipinski definition) is 4. The van der Waals surface area contributed by atoms with Crippen molar-refractivity contribution in [1.82, 2.24) is 15.1 Å². The monoisotopic (exact) mass is 329 g/mol. The number of carbonyl (C=O) groups excluding carboxylic acids is 2. The van der Waals surface area contributed by atoms with Gasteiger partial charge in [0.25, 0.3) is 0 Å². The average Bonchev–Trinajstić information content (AvgIpc) is 3.25. The van der Waals surface area contributed by atoms with Crippen molar-refractivity contribution in [1.29, 1.82) is 0 Å². The Morgan fingerprint density at radius 2 is 2.04 bits per heavy atom. The van der Waals surface area contributed by atoms with Gasteiger partial charge in [0.15, 0.2) is 0 Å². The standard InChI is InChI=1S/C18H23N3O3/c1-24-14-5-2-4-12(8-14)10-19-13-9-16-18(23)20-7-3-6-15(20)17(22)21(16)11-13/h2,4-5,8,13,15-16,19H,3,6-7,9-11H2,1H3/t13-,15-,16-/m0/s1. The predicted molar refractivity (Wildman–Crippen MR) is 88.5 cm³/mol. The first-order valence-corrected chi connectivity index (χ1v) is 8.64. The van der Waals surface area contributed by atoms with Crippen molar-refractivity contribution in [2.24, 2.45) is 0 Å². The molecular weight excluding hydrogens is 306 g/mol. The third-order valence-electron chi connectivity index (χ3n) is 5.42. The predicted octanol–water partition coefficient (Wildman–Crippen LogP) is 0.759. The van der Waals surface area contributed by atoms with Gasteiger partial charge in [-0.3, -0.25) is 9.59 Å². The first kappa shape index (κ1) is 15.4. The topological polar surface area (TPSA) is 61.9 Å². The molecule has 4 rings (SSSR count). The Bertz CT molecular complexity index is 633. The number of methoxy groups -OCH3 is 1. The van der Waals surface area contributed by atoms with Crippen molar-refractivity contribution >= 4 is 11.8 Å². The SMILES string of the molecule is COc1cccc(CN[C@H]2C[C@H]3C(=O)N4CCC[C@H]4C(=O)N3C2)c1. The second kappa shape index (κ2) is 6.09. The molecule has 1 N–H and O–H groups in total. The van der Waals surface area contributed by atoms with E-state index in [1.165, 1.54) is 0 Å². The van der Waals surface area contributed by atoms with Gasteiger partial charge >= 0.3 is 0 Å². The highest BCUT2D eigenvalue weighted by atomic mass is 16.5. The van der Waals surface area contributed by atoms with Crippen LogP contribution >= 0.6 is 0 Å². The number of rotatable bonds is 4. The van der Waals surface area contributed by atoms with Gasteiger partial charge in [-0.25, -0.2) is 0 Å². The van der Waals surface area contributed by atoms with Crippen molar-refractivity contribution in [2.75, 3.05) is 20.2 Å². The van der Waals surface area contributed by atoms with Crippen molar-refractivity contribution < 1.29 is 14.3 Å². The molecule has 0 saturated carbocycles. The summed E-state index contributed by atoms with van der Waals surface area (Å²) in [6, 6.07) is 7.63. The van der Waals surface area contributed by atoms with E-state index in [-0.39, 0.29) is 29.9 Å². The quantitative estimate of drug-likeness (QED) is 0.886. The number of amides is 2. The number of piperazine rings is 1. The van der Waals surface area contributed by atoms with E-state index in [0.717, 1.165) is 30.7 Å². The molecule has 0 unspecified atom stereocenters. The van der Waals surface area contributed by atoms with Gasteiger partial charge in [0, 0.05) is 25.7 Å². The number of carbonyl (C=O) groups is 2. The van der Waals surface area contributed by atoms with Crippen molar-refractivity contribution in [2.45, 2.75) is 43.9 Å². The molecule has 0 spiro atoms. The lowest BCUT2D eigenvalue weighted by molar-refractivity contribution is -0.156. The van der Waals surface area contributed by atoms with Crippen LogP contribution in [0.25, 0.3) is 0 Å². The molecule has 3 heterocycles. The summed E-state index contributed by atoms with van der Waals surface area (Å²) < 4.78 is 5.24. The third kappa shape index (κ3) is 2.55. The first-order valence-electron chi connectivity index (χ1n) is 8.64. The van der Waals surface area contributed by atoms with Gasteiger partial charge < -0.3 is 19.9 Å². The highest BCUT2D eigenvalue weighted by molar-refractivity contribution is 5.98. The maximum atomic E-state index is 12.6. The summed E-state index contributed by atoms with van der Waals surface area (Å²) in [6.07, 6.45) is 2.47. The molecule has 6 heteroatoms. The lowest BCUT2D eigenvalue weighted by Gasteiger charge is -2.38. The molecule has 0 aromatic heterocycles. The molecule has 3 aliphatic heterocycles. The number of hydrogen-bond donors (Lipinski definition) is 1. The number of benzene rings is 1. The minimum absolute atomic E-state index is 0.141. The molecule has 0 aliphatic carbocycles. The molecule has 2 amide bonds. The molecule has 3 fully saturated rings. The maximum absolute atomic E-state index is 12.6. The maximum Gasteiger partial charge on any atom is 0.246 e. The second-order valence-electron chi connectivity index (χ2n) is 6.86. The van der Waals surface area contributed by atoms with Crippen LogP contribution in [-0.4, -0.2) is 59.9 Å². The summed E-state index contributed by atoms with van der Waals surface area (Å²) in [5.74, 6) is 1.12. The molecule has 0 radical (unpaired) electrons. The van der Waals surface area contributed by atoms with E-state index < -0.39 is 0 Å². The summed E-state index contributed by atoms with van der Waals surface area (Å²) in [5.41, 5.74) is 1.14. The molecule has 24 heavy (non-hydrogen) atoms. The summed E-state index contributed by atoms with van der Waals surface area (Å²) in [7, 11) is 1.66. The van der Waals surface area contributed by atoms with Crippen LogP contribution in [0.3, 0.4) is 0 Å². The molecular formula is C18H23N3O3.